The minimum atomic E-state index is -0.688. The van der Waals surface area contributed by atoms with Gasteiger partial charge in [0.1, 0.15) is 5.60 Å². The molecule has 2 amide bonds. The summed E-state index contributed by atoms with van der Waals surface area (Å²) >= 11 is 0. The molecule has 2 bridgehead atoms. The number of piperidine rings is 1. The number of benzene rings is 1. The molecule has 3 fully saturated rings. The van der Waals surface area contributed by atoms with Gasteiger partial charge < -0.3 is 20.3 Å². The van der Waals surface area contributed by atoms with Gasteiger partial charge in [-0.2, -0.15) is 0 Å². The van der Waals surface area contributed by atoms with E-state index < -0.39 is 17.4 Å². The van der Waals surface area contributed by atoms with Crippen LogP contribution in [0.2, 0.25) is 0 Å². The van der Waals surface area contributed by atoms with Crippen molar-refractivity contribution in [3.8, 4) is 0 Å². The molecule has 5 rings (SSSR count). The highest BCUT2D eigenvalue weighted by Gasteiger charge is 2.67. The molecular weight excluding hydrogens is 378 g/mol. The van der Waals surface area contributed by atoms with Gasteiger partial charge in [0.25, 0.3) is 0 Å². The van der Waals surface area contributed by atoms with Crippen LogP contribution < -0.4 is 15.5 Å². The van der Waals surface area contributed by atoms with Crippen LogP contribution in [0.4, 0.5) is 5.69 Å². The molecule has 30 heavy (non-hydrogen) atoms. The van der Waals surface area contributed by atoms with Crippen molar-refractivity contribution >= 4 is 17.5 Å². The van der Waals surface area contributed by atoms with Crippen LogP contribution in [0.5, 0.6) is 0 Å². The van der Waals surface area contributed by atoms with Crippen molar-refractivity contribution in [2.45, 2.75) is 69.4 Å². The largest absolute Gasteiger partial charge is 0.360 e. The summed E-state index contributed by atoms with van der Waals surface area (Å²) in [6.07, 6.45) is 5.37. The van der Waals surface area contributed by atoms with Crippen molar-refractivity contribution in [3.05, 3.63) is 42.5 Å². The zero-order valence-corrected chi connectivity index (χ0v) is 18.1. The summed E-state index contributed by atoms with van der Waals surface area (Å²) < 4.78 is 6.26. The fraction of sp³-hybridized carbons (Fsp3) is 0.583. The van der Waals surface area contributed by atoms with Crippen molar-refractivity contribution in [1.82, 2.24) is 10.6 Å². The topological polar surface area (TPSA) is 70.7 Å². The Hall–Kier alpha value is -2.18. The van der Waals surface area contributed by atoms with Crippen LogP contribution >= 0.6 is 0 Å². The molecule has 4 heterocycles. The smallest absolute Gasteiger partial charge is 0.234 e. The van der Waals surface area contributed by atoms with Crippen LogP contribution in [0, 0.1) is 11.8 Å². The Labute approximate surface area is 178 Å². The monoisotopic (exact) mass is 409 g/mol. The summed E-state index contributed by atoms with van der Waals surface area (Å²) in [4.78, 5) is 28.6. The van der Waals surface area contributed by atoms with E-state index in [0.29, 0.717) is 6.54 Å². The average molecular weight is 410 g/mol. The third kappa shape index (κ3) is 3.08. The number of ether oxygens (including phenoxy) is 1. The Balaban J connectivity index is 1.37. The molecule has 0 radical (unpaired) electrons. The van der Waals surface area contributed by atoms with Gasteiger partial charge in [-0.15, -0.1) is 0 Å². The molecule has 4 aliphatic rings. The lowest BCUT2D eigenvalue weighted by Crippen LogP contribution is -2.62. The van der Waals surface area contributed by atoms with Crippen molar-refractivity contribution < 1.29 is 14.3 Å². The standard InChI is InChI=1S/C24H31N3O3/c1-22(2)12-15(13-23(3,4)26-22)25-20(28)18-17-10-11-24(30-17)14-27(21(29)19(18)24)16-8-6-5-7-9-16/h5-11,15,17-19,26H,12-14H2,1-4H3,(H,25,28)/t17?,18?,19?,24-/m1/s1. The van der Waals surface area contributed by atoms with Gasteiger partial charge in [-0.05, 0) is 52.7 Å². The first-order valence-electron chi connectivity index (χ1n) is 10.9. The first-order valence-corrected chi connectivity index (χ1v) is 10.9. The van der Waals surface area contributed by atoms with E-state index in [1.54, 1.807) is 4.90 Å². The molecule has 0 aromatic heterocycles. The zero-order valence-electron chi connectivity index (χ0n) is 18.1. The number of fused-ring (bicyclic) bond motifs is 1. The molecule has 6 heteroatoms. The second-order valence-corrected chi connectivity index (χ2v) is 10.7. The number of carbonyl (C=O) groups excluding carboxylic acids is 2. The molecule has 1 aromatic carbocycles. The Morgan fingerprint density at radius 1 is 1.13 bits per heavy atom. The molecule has 1 aromatic rings. The van der Waals surface area contributed by atoms with E-state index in [1.807, 2.05) is 42.5 Å². The predicted molar refractivity (Wildman–Crippen MR) is 115 cm³/mol. The van der Waals surface area contributed by atoms with Crippen molar-refractivity contribution in [2.75, 3.05) is 11.4 Å². The molecule has 3 unspecified atom stereocenters. The Morgan fingerprint density at radius 3 is 2.47 bits per heavy atom. The summed E-state index contributed by atoms with van der Waals surface area (Å²) in [5, 5.41) is 6.93. The lowest BCUT2D eigenvalue weighted by molar-refractivity contribution is -0.132. The Kier molecular flexibility index (Phi) is 4.22. The minimum Gasteiger partial charge on any atom is -0.360 e. The van der Waals surface area contributed by atoms with Gasteiger partial charge in [-0.1, -0.05) is 30.4 Å². The number of hydrogen-bond acceptors (Lipinski definition) is 4. The zero-order chi connectivity index (χ0) is 21.3. The molecule has 4 aliphatic heterocycles. The molecule has 160 valence electrons. The predicted octanol–water partition coefficient (Wildman–Crippen LogP) is 2.40. The van der Waals surface area contributed by atoms with Gasteiger partial charge in [0.2, 0.25) is 11.8 Å². The molecule has 0 saturated carbocycles. The van der Waals surface area contributed by atoms with Crippen LogP contribution in [-0.2, 0) is 14.3 Å². The van der Waals surface area contributed by atoms with Crippen LogP contribution in [0.25, 0.3) is 0 Å². The van der Waals surface area contributed by atoms with Crippen LogP contribution in [0.3, 0.4) is 0 Å². The Morgan fingerprint density at radius 2 is 1.80 bits per heavy atom. The van der Waals surface area contributed by atoms with Crippen LogP contribution in [0.1, 0.15) is 40.5 Å². The van der Waals surface area contributed by atoms with E-state index in [0.717, 1.165) is 18.5 Å². The summed E-state index contributed by atoms with van der Waals surface area (Å²) in [6, 6.07) is 9.72. The third-order valence-corrected chi connectivity index (χ3v) is 7.01. The summed E-state index contributed by atoms with van der Waals surface area (Å²) in [7, 11) is 0. The minimum absolute atomic E-state index is 0.0147. The number of amides is 2. The number of nitrogens with one attached hydrogen (secondary N) is 2. The fourth-order valence-electron chi connectivity index (χ4n) is 6.35. The van der Waals surface area contributed by atoms with Crippen LogP contribution in [-0.4, -0.2) is 47.2 Å². The highest BCUT2D eigenvalue weighted by molar-refractivity contribution is 6.03. The second kappa shape index (κ2) is 6.41. The highest BCUT2D eigenvalue weighted by Crippen LogP contribution is 2.52. The van der Waals surface area contributed by atoms with E-state index in [1.165, 1.54) is 0 Å². The highest BCUT2D eigenvalue weighted by atomic mass is 16.5. The Bertz CT molecular complexity index is 894. The lowest BCUT2D eigenvalue weighted by Gasteiger charge is -2.47. The van der Waals surface area contributed by atoms with Crippen molar-refractivity contribution in [2.24, 2.45) is 11.8 Å². The van der Waals surface area contributed by atoms with Gasteiger partial charge in [0.05, 0.1) is 24.5 Å². The number of hydrogen-bond donors (Lipinski definition) is 2. The number of para-hydroxylation sites is 1. The maximum absolute atomic E-state index is 13.4. The average Bonchev–Trinajstić information content (AvgIpc) is 3.28. The quantitative estimate of drug-likeness (QED) is 0.752. The molecular formula is C24H31N3O3. The third-order valence-electron chi connectivity index (χ3n) is 7.01. The summed E-state index contributed by atoms with van der Waals surface area (Å²) in [6.45, 7) is 9.14. The van der Waals surface area contributed by atoms with Gasteiger partial charge in [-0.25, -0.2) is 0 Å². The van der Waals surface area contributed by atoms with Gasteiger partial charge in [0.15, 0.2) is 0 Å². The van der Waals surface area contributed by atoms with E-state index in [2.05, 4.69) is 38.3 Å². The maximum Gasteiger partial charge on any atom is 0.234 e. The van der Waals surface area contributed by atoms with Gasteiger partial charge in [-0.3, -0.25) is 9.59 Å². The van der Waals surface area contributed by atoms with Crippen molar-refractivity contribution in [3.63, 3.8) is 0 Å². The lowest BCUT2D eigenvalue weighted by atomic mass is 9.75. The number of carbonyl (C=O) groups is 2. The fourth-order valence-corrected chi connectivity index (χ4v) is 6.35. The van der Waals surface area contributed by atoms with E-state index in [9.17, 15) is 9.59 Å². The normalized spacial score (nSPS) is 36.2. The second-order valence-electron chi connectivity index (χ2n) is 10.7. The molecule has 3 saturated heterocycles. The SMILES string of the molecule is CC1(C)CC(NC(=O)C2C3C=C[C@]4(CN(c5ccccc5)C(=O)C24)O3)CC(C)(C)N1. The molecule has 1 spiro atoms. The maximum atomic E-state index is 13.4. The summed E-state index contributed by atoms with van der Waals surface area (Å²) in [5.74, 6) is -1.01. The van der Waals surface area contributed by atoms with Crippen molar-refractivity contribution in [1.29, 1.82) is 0 Å². The van der Waals surface area contributed by atoms with E-state index in [4.69, 9.17) is 4.74 Å². The first-order chi connectivity index (χ1) is 14.1. The number of anilines is 1. The van der Waals surface area contributed by atoms with Crippen LogP contribution in [0.15, 0.2) is 42.5 Å². The molecule has 2 N–H and O–H groups in total. The molecule has 6 nitrogen and oxygen atoms in total. The number of nitrogens with zero attached hydrogens (tertiary/aromatic N) is 1. The summed E-state index contributed by atoms with van der Waals surface area (Å²) in [5.41, 5.74) is 0.0536. The number of rotatable bonds is 3. The van der Waals surface area contributed by atoms with E-state index in [-0.39, 0.29) is 35.0 Å². The molecule has 0 aliphatic carbocycles. The van der Waals surface area contributed by atoms with Gasteiger partial charge >= 0.3 is 0 Å². The van der Waals surface area contributed by atoms with E-state index >= 15 is 0 Å². The first kappa shape index (κ1) is 19.8. The van der Waals surface area contributed by atoms with Gasteiger partial charge in [0, 0.05) is 22.8 Å². The molecule has 4 atom stereocenters.